The number of primary amides is 1. The summed E-state index contributed by atoms with van der Waals surface area (Å²) in [6, 6.07) is 0.135. The number of nitrogens with two attached hydrogens (primary N) is 1. The summed E-state index contributed by atoms with van der Waals surface area (Å²) in [5, 5.41) is 5.87. The third-order valence-electron chi connectivity index (χ3n) is 2.22. The minimum Gasteiger partial charge on any atom is -0.352 e. The third-order valence-corrected chi connectivity index (χ3v) is 2.22. The van der Waals surface area contributed by atoms with E-state index in [0.717, 1.165) is 12.5 Å². The van der Waals surface area contributed by atoms with Gasteiger partial charge >= 0.3 is 6.03 Å². The van der Waals surface area contributed by atoms with E-state index in [4.69, 9.17) is 5.73 Å². The van der Waals surface area contributed by atoms with E-state index in [1.165, 1.54) is 12.8 Å². The Labute approximate surface area is 72.9 Å². The van der Waals surface area contributed by atoms with Crippen LogP contribution in [0.25, 0.3) is 0 Å². The van der Waals surface area contributed by atoms with Gasteiger partial charge in [0.1, 0.15) is 0 Å². The fraction of sp³-hybridized carbons (Fsp3) is 0.875. The second-order valence-corrected chi connectivity index (χ2v) is 3.37. The largest absolute Gasteiger partial charge is 0.352 e. The highest BCUT2D eigenvalue weighted by Gasteiger charge is 2.26. The molecule has 0 aromatic heterocycles. The van der Waals surface area contributed by atoms with Gasteiger partial charge in [0.05, 0.1) is 0 Å². The highest BCUT2D eigenvalue weighted by atomic mass is 16.2. The quantitative estimate of drug-likeness (QED) is 0.511. The molecule has 2 amide bonds. The predicted molar refractivity (Wildman–Crippen MR) is 47.8 cm³/mol. The maximum absolute atomic E-state index is 10.3. The first-order valence-electron chi connectivity index (χ1n) is 4.47. The summed E-state index contributed by atoms with van der Waals surface area (Å²) in [4.78, 5) is 10.3. The van der Waals surface area contributed by atoms with Crippen LogP contribution in [0.15, 0.2) is 0 Å². The molecule has 0 saturated heterocycles. The zero-order valence-electron chi connectivity index (χ0n) is 7.47. The summed E-state index contributed by atoms with van der Waals surface area (Å²) < 4.78 is 0. The molecule has 12 heavy (non-hydrogen) atoms. The van der Waals surface area contributed by atoms with Gasteiger partial charge in [-0.2, -0.15) is 0 Å². The van der Waals surface area contributed by atoms with E-state index in [1.807, 2.05) is 0 Å². The molecule has 1 fully saturated rings. The molecule has 0 heterocycles. The number of nitrogens with one attached hydrogen (secondary N) is 2. The molecule has 4 heteroatoms. The molecule has 0 spiro atoms. The van der Waals surface area contributed by atoms with E-state index in [9.17, 15) is 4.79 Å². The van der Waals surface area contributed by atoms with Crippen molar-refractivity contribution in [2.45, 2.75) is 25.8 Å². The summed E-state index contributed by atoms with van der Waals surface area (Å²) >= 11 is 0. The fourth-order valence-corrected chi connectivity index (χ4v) is 1.25. The SMILES string of the molecule is CC(NCCNC(N)=O)C1CC1. The molecule has 4 nitrogen and oxygen atoms in total. The van der Waals surface area contributed by atoms with Gasteiger partial charge in [0.25, 0.3) is 0 Å². The molecule has 0 aromatic carbocycles. The van der Waals surface area contributed by atoms with Crippen LogP contribution < -0.4 is 16.4 Å². The van der Waals surface area contributed by atoms with Crippen LogP contribution >= 0.6 is 0 Å². The first-order chi connectivity index (χ1) is 5.70. The van der Waals surface area contributed by atoms with Crippen LogP contribution in [0.3, 0.4) is 0 Å². The predicted octanol–water partition coefficient (Wildman–Crippen LogP) is 0.0428. The van der Waals surface area contributed by atoms with Crippen LogP contribution in [0.2, 0.25) is 0 Å². The molecule has 1 atom stereocenters. The Bertz CT molecular complexity index is 156. The van der Waals surface area contributed by atoms with E-state index >= 15 is 0 Å². The van der Waals surface area contributed by atoms with Gasteiger partial charge in [-0.25, -0.2) is 4.79 Å². The van der Waals surface area contributed by atoms with Gasteiger partial charge in [-0.15, -0.1) is 0 Å². The number of carbonyl (C=O) groups excluding carboxylic acids is 1. The molecule has 1 unspecified atom stereocenters. The van der Waals surface area contributed by atoms with E-state index in [1.54, 1.807) is 0 Å². The Morgan fingerprint density at radius 1 is 1.58 bits per heavy atom. The first-order valence-corrected chi connectivity index (χ1v) is 4.47. The van der Waals surface area contributed by atoms with Crippen molar-refractivity contribution in [1.82, 2.24) is 10.6 Å². The van der Waals surface area contributed by atoms with Gasteiger partial charge in [0.2, 0.25) is 0 Å². The molecule has 1 aliphatic carbocycles. The zero-order chi connectivity index (χ0) is 8.97. The first kappa shape index (κ1) is 9.32. The van der Waals surface area contributed by atoms with E-state index in [0.29, 0.717) is 12.6 Å². The standard InChI is InChI=1S/C8H17N3O/c1-6(7-2-3-7)10-4-5-11-8(9)12/h6-7,10H,2-5H2,1H3,(H3,9,11,12). The zero-order valence-corrected chi connectivity index (χ0v) is 7.47. The third kappa shape index (κ3) is 3.57. The van der Waals surface area contributed by atoms with Crippen molar-refractivity contribution in [2.24, 2.45) is 11.7 Å². The molecule has 1 rings (SSSR count). The number of urea groups is 1. The lowest BCUT2D eigenvalue weighted by atomic mass is 10.2. The molecule has 0 aromatic rings. The highest BCUT2D eigenvalue weighted by molar-refractivity contribution is 5.71. The summed E-state index contributed by atoms with van der Waals surface area (Å²) in [5.41, 5.74) is 4.90. The molecular formula is C8H17N3O. The molecule has 70 valence electrons. The van der Waals surface area contributed by atoms with E-state index in [2.05, 4.69) is 17.6 Å². The molecule has 4 N–H and O–H groups in total. The maximum Gasteiger partial charge on any atom is 0.312 e. The van der Waals surface area contributed by atoms with Crippen LogP contribution in [0.5, 0.6) is 0 Å². The number of rotatable bonds is 5. The Morgan fingerprint density at radius 3 is 2.75 bits per heavy atom. The second kappa shape index (κ2) is 4.30. The van der Waals surface area contributed by atoms with E-state index < -0.39 is 6.03 Å². The van der Waals surface area contributed by atoms with Crippen LogP contribution in [0, 0.1) is 5.92 Å². The summed E-state index contributed by atoms with van der Waals surface area (Å²) in [6.07, 6.45) is 2.69. The molecule has 0 aliphatic heterocycles. The number of amides is 2. The Morgan fingerprint density at radius 2 is 2.25 bits per heavy atom. The Kier molecular flexibility index (Phi) is 3.34. The van der Waals surface area contributed by atoms with Gasteiger partial charge in [0, 0.05) is 19.1 Å². The van der Waals surface area contributed by atoms with Crippen molar-refractivity contribution in [1.29, 1.82) is 0 Å². The van der Waals surface area contributed by atoms with Gasteiger partial charge in [-0.3, -0.25) is 0 Å². The number of carbonyl (C=O) groups is 1. The number of hydrogen-bond donors (Lipinski definition) is 3. The van der Waals surface area contributed by atoms with Crippen LogP contribution in [-0.2, 0) is 0 Å². The van der Waals surface area contributed by atoms with Crippen molar-refractivity contribution in [3.05, 3.63) is 0 Å². The van der Waals surface area contributed by atoms with Crippen molar-refractivity contribution >= 4 is 6.03 Å². The lowest BCUT2D eigenvalue weighted by Gasteiger charge is -2.11. The summed E-state index contributed by atoms with van der Waals surface area (Å²) in [7, 11) is 0. The van der Waals surface area contributed by atoms with Crippen molar-refractivity contribution in [2.75, 3.05) is 13.1 Å². The average molecular weight is 171 g/mol. The van der Waals surface area contributed by atoms with Gasteiger partial charge in [0.15, 0.2) is 0 Å². The minimum atomic E-state index is -0.448. The maximum atomic E-state index is 10.3. The lowest BCUT2D eigenvalue weighted by Crippen LogP contribution is -2.38. The molecular weight excluding hydrogens is 154 g/mol. The molecule has 1 saturated carbocycles. The van der Waals surface area contributed by atoms with Gasteiger partial charge in [-0.05, 0) is 25.7 Å². The average Bonchev–Trinajstić information content (AvgIpc) is 2.79. The second-order valence-electron chi connectivity index (χ2n) is 3.37. The fourth-order valence-electron chi connectivity index (χ4n) is 1.25. The Balaban J connectivity index is 1.90. The molecule has 1 aliphatic rings. The normalized spacial score (nSPS) is 18.8. The van der Waals surface area contributed by atoms with Gasteiger partial charge < -0.3 is 16.4 Å². The lowest BCUT2D eigenvalue weighted by molar-refractivity contribution is 0.248. The van der Waals surface area contributed by atoms with Crippen molar-refractivity contribution < 1.29 is 4.79 Å². The van der Waals surface area contributed by atoms with Crippen molar-refractivity contribution in [3.63, 3.8) is 0 Å². The smallest absolute Gasteiger partial charge is 0.312 e. The minimum absolute atomic E-state index is 0.448. The van der Waals surface area contributed by atoms with Gasteiger partial charge in [-0.1, -0.05) is 0 Å². The van der Waals surface area contributed by atoms with E-state index in [-0.39, 0.29) is 0 Å². The Hall–Kier alpha value is -0.770. The highest BCUT2D eigenvalue weighted by Crippen LogP contribution is 2.32. The van der Waals surface area contributed by atoms with Crippen LogP contribution in [0.1, 0.15) is 19.8 Å². The molecule has 0 bridgehead atoms. The van der Waals surface area contributed by atoms with Crippen LogP contribution in [-0.4, -0.2) is 25.2 Å². The monoisotopic (exact) mass is 171 g/mol. The van der Waals surface area contributed by atoms with Crippen molar-refractivity contribution in [3.8, 4) is 0 Å². The number of hydrogen-bond acceptors (Lipinski definition) is 2. The topological polar surface area (TPSA) is 67.2 Å². The summed E-state index contributed by atoms with van der Waals surface area (Å²) in [6.45, 7) is 3.61. The van der Waals surface area contributed by atoms with Crippen LogP contribution in [0.4, 0.5) is 4.79 Å². The molecule has 0 radical (unpaired) electrons. The summed E-state index contributed by atoms with van der Waals surface area (Å²) in [5.74, 6) is 0.860.